The van der Waals surface area contributed by atoms with Crippen LogP contribution in [0.3, 0.4) is 0 Å². The second kappa shape index (κ2) is 11.4. The van der Waals surface area contributed by atoms with Gasteiger partial charge in [0.25, 0.3) is 11.8 Å². The minimum absolute atomic E-state index is 0.0824. The SMILES string of the molecule is COc1cc(CNc2cccc(C(=O)NCC(C)C)c2)ccc1OCC(=O)NC(C)(C)C. The van der Waals surface area contributed by atoms with E-state index >= 15 is 0 Å². The Balaban J connectivity index is 1.97. The van der Waals surface area contributed by atoms with Crippen LogP contribution in [-0.4, -0.2) is 37.6 Å². The molecule has 7 nitrogen and oxygen atoms in total. The summed E-state index contributed by atoms with van der Waals surface area (Å²) in [6.07, 6.45) is 0. The lowest BCUT2D eigenvalue weighted by Gasteiger charge is -2.20. The lowest BCUT2D eigenvalue weighted by Crippen LogP contribution is -2.43. The van der Waals surface area contributed by atoms with E-state index in [0.717, 1.165) is 11.3 Å². The van der Waals surface area contributed by atoms with Gasteiger partial charge in [0, 0.05) is 29.9 Å². The number of amides is 2. The molecule has 0 aliphatic carbocycles. The number of carbonyl (C=O) groups excluding carboxylic acids is 2. The fourth-order valence-corrected chi connectivity index (χ4v) is 2.91. The van der Waals surface area contributed by atoms with Gasteiger partial charge in [-0.15, -0.1) is 0 Å². The molecule has 7 heteroatoms. The summed E-state index contributed by atoms with van der Waals surface area (Å²) < 4.78 is 11.1. The molecule has 0 aromatic heterocycles. The normalized spacial score (nSPS) is 11.1. The lowest BCUT2D eigenvalue weighted by atomic mass is 10.1. The predicted molar refractivity (Wildman–Crippen MR) is 127 cm³/mol. The minimum Gasteiger partial charge on any atom is -0.493 e. The second-order valence-corrected chi connectivity index (χ2v) is 9.11. The molecule has 2 aromatic rings. The Bertz CT molecular complexity index is 920. The average Bonchev–Trinajstić information content (AvgIpc) is 2.73. The number of nitrogens with one attached hydrogen (secondary N) is 3. The Labute approximate surface area is 190 Å². The van der Waals surface area contributed by atoms with E-state index in [0.29, 0.717) is 36.1 Å². The van der Waals surface area contributed by atoms with Crippen molar-refractivity contribution in [3.05, 3.63) is 53.6 Å². The maximum atomic E-state index is 12.3. The summed E-state index contributed by atoms with van der Waals surface area (Å²) in [4.78, 5) is 24.3. The number of rotatable bonds is 10. The van der Waals surface area contributed by atoms with E-state index in [1.54, 1.807) is 19.2 Å². The smallest absolute Gasteiger partial charge is 0.258 e. The van der Waals surface area contributed by atoms with Crippen LogP contribution in [0.5, 0.6) is 11.5 Å². The molecule has 0 fully saturated rings. The summed E-state index contributed by atoms with van der Waals surface area (Å²) in [6.45, 7) is 11.0. The van der Waals surface area contributed by atoms with Gasteiger partial charge in [-0.2, -0.15) is 0 Å². The number of ether oxygens (including phenoxy) is 2. The summed E-state index contributed by atoms with van der Waals surface area (Å²) in [7, 11) is 1.56. The molecule has 32 heavy (non-hydrogen) atoms. The Kier molecular flexibility index (Phi) is 8.93. The zero-order chi connectivity index (χ0) is 23.7. The first-order valence-electron chi connectivity index (χ1n) is 10.8. The van der Waals surface area contributed by atoms with Crippen molar-refractivity contribution in [3.8, 4) is 11.5 Å². The number of benzene rings is 2. The Morgan fingerprint density at radius 1 is 1.03 bits per heavy atom. The van der Waals surface area contributed by atoms with Crippen molar-refractivity contribution >= 4 is 17.5 Å². The van der Waals surface area contributed by atoms with Crippen LogP contribution in [0.15, 0.2) is 42.5 Å². The molecule has 0 aliphatic heterocycles. The maximum Gasteiger partial charge on any atom is 0.258 e. The van der Waals surface area contributed by atoms with E-state index in [1.807, 2.05) is 51.1 Å². The van der Waals surface area contributed by atoms with Gasteiger partial charge in [0.05, 0.1) is 7.11 Å². The first-order valence-corrected chi connectivity index (χ1v) is 10.8. The fraction of sp³-hybridized carbons (Fsp3) is 0.440. The van der Waals surface area contributed by atoms with E-state index in [2.05, 4.69) is 29.8 Å². The Hall–Kier alpha value is -3.22. The summed E-state index contributed by atoms with van der Waals surface area (Å²) in [5.41, 5.74) is 2.13. The van der Waals surface area contributed by atoms with Crippen molar-refractivity contribution < 1.29 is 19.1 Å². The number of carbonyl (C=O) groups is 2. The molecule has 0 heterocycles. The van der Waals surface area contributed by atoms with Crippen LogP contribution in [0.2, 0.25) is 0 Å². The zero-order valence-corrected chi connectivity index (χ0v) is 19.9. The molecular weight excluding hydrogens is 406 g/mol. The minimum atomic E-state index is -0.313. The van der Waals surface area contributed by atoms with Crippen LogP contribution in [0, 0.1) is 5.92 Å². The van der Waals surface area contributed by atoms with Gasteiger partial charge in [0.1, 0.15) is 0 Å². The van der Waals surface area contributed by atoms with Gasteiger partial charge in [0.15, 0.2) is 18.1 Å². The molecule has 174 valence electrons. The highest BCUT2D eigenvalue weighted by atomic mass is 16.5. The van der Waals surface area contributed by atoms with Crippen LogP contribution in [-0.2, 0) is 11.3 Å². The molecular formula is C25H35N3O4. The molecule has 0 saturated heterocycles. The summed E-state index contributed by atoms with van der Waals surface area (Å²) in [5.74, 6) is 1.18. The molecule has 2 rings (SSSR count). The summed E-state index contributed by atoms with van der Waals surface area (Å²) in [6, 6.07) is 13.0. The molecule has 0 spiro atoms. The van der Waals surface area contributed by atoms with Crippen molar-refractivity contribution in [2.24, 2.45) is 5.92 Å². The van der Waals surface area contributed by atoms with E-state index in [1.165, 1.54) is 0 Å². The van der Waals surface area contributed by atoms with Crippen molar-refractivity contribution in [1.82, 2.24) is 10.6 Å². The molecule has 0 unspecified atom stereocenters. The van der Waals surface area contributed by atoms with Crippen LogP contribution < -0.4 is 25.4 Å². The number of methoxy groups -OCH3 is 1. The van der Waals surface area contributed by atoms with Crippen LogP contribution >= 0.6 is 0 Å². The van der Waals surface area contributed by atoms with Crippen molar-refractivity contribution in [2.75, 3.05) is 25.6 Å². The maximum absolute atomic E-state index is 12.3. The largest absolute Gasteiger partial charge is 0.493 e. The molecule has 3 N–H and O–H groups in total. The Morgan fingerprint density at radius 2 is 1.78 bits per heavy atom. The number of anilines is 1. The van der Waals surface area contributed by atoms with Crippen LogP contribution in [0.1, 0.15) is 50.5 Å². The van der Waals surface area contributed by atoms with Gasteiger partial charge in [-0.3, -0.25) is 9.59 Å². The van der Waals surface area contributed by atoms with Crippen molar-refractivity contribution in [1.29, 1.82) is 0 Å². The van der Waals surface area contributed by atoms with Gasteiger partial charge < -0.3 is 25.4 Å². The Morgan fingerprint density at radius 3 is 2.44 bits per heavy atom. The van der Waals surface area contributed by atoms with E-state index in [4.69, 9.17) is 9.47 Å². The highest BCUT2D eigenvalue weighted by Crippen LogP contribution is 2.28. The fourth-order valence-electron chi connectivity index (χ4n) is 2.91. The van der Waals surface area contributed by atoms with Gasteiger partial charge in [0.2, 0.25) is 0 Å². The molecule has 0 atom stereocenters. The third kappa shape index (κ3) is 8.49. The standard InChI is InChI=1S/C25H35N3O4/c1-17(2)14-27-24(30)19-8-7-9-20(13-19)26-15-18-10-11-21(22(12-18)31-6)32-16-23(29)28-25(3,4)5/h7-13,17,26H,14-16H2,1-6H3,(H,27,30)(H,28,29). The monoisotopic (exact) mass is 441 g/mol. The molecule has 2 aromatic carbocycles. The quantitative estimate of drug-likeness (QED) is 0.519. The predicted octanol–water partition coefficient (Wildman–Crippen LogP) is 3.99. The third-order valence-electron chi connectivity index (χ3n) is 4.39. The second-order valence-electron chi connectivity index (χ2n) is 9.11. The van der Waals surface area contributed by atoms with Gasteiger partial charge >= 0.3 is 0 Å². The molecule has 0 saturated carbocycles. The van der Waals surface area contributed by atoms with Crippen LogP contribution in [0.4, 0.5) is 5.69 Å². The number of hydrogen-bond donors (Lipinski definition) is 3. The highest BCUT2D eigenvalue weighted by Gasteiger charge is 2.15. The number of hydrogen-bond acceptors (Lipinski definition) is 5. The summed E-state index contributed by atoms with van der Waals surface area (Å²) in [5, 5.41) is 9.11. The van der Waals surface area contributed by atoms with E-state index < -0.39 is 0 Å². The van der Waals surface area contributed by atoms with E-state index in [9.17, 15) is 9.59 Å². The van der Waals surface area contributed by atoms with Crippen molar-refractivity contribution in [2.45, 2.75) is 46.7 Å². The topological polar surface area (TPSA) is 88.7 Å². The summed E-state index contributed by atoms with van der Waals surface area (Å²) >= 11 is 0. The van der Waals surface area contributed by atoms with Crippen LogP contribution in [0.25, 0.3) is 0 Å². The third-order valence-corrected chi connectivity index (χ3v) is 4.39. The zero-order valence-electron chi connectivity index (χ0n) is 19.9. The average molecular weight is 442 g/mol. The van der Waals surface area contributed by atoms with Crippen molar-refractivity contribution in [3.63, 3.8) is 0 Å². The lowest BCUT2D eigenvalue weighted by molar-refractivity contribution is -0.124. The first-order chi connectivity index (χ1) is 15.1. The molecule has 0 bridgehead atoms. The van der Waals surface area contributed by atoms with Gasteiger partial charge in [-0.25, -0.2) is 0 Å². The molecule has 2 amide bonds. The molecule has 0 radical (unpaired) electrons. The first kappa shape index (κ1) is 25.0. The van der Waals surface area contributed by atoms with Gasteiger partial charge in [-0.05, 0) is 62.6 Å². The highest BCUT2D eigenvalue weighted by molar-refractivity contribution is 5.95. The van der Waals surface area contributed by atoms with E-state index in [-0.39, 0.29) is 24.0 Å². The van der Waals surface area contributed by atoms with Gasteiger partial charge in [-0.1, -0.05) is 26.0 Å². The molecule has 0 aliphatic rings.